The Morgan fingerprint density at radius 1 is 1.29 bits per heavy atom. The van der Waals surface area contributed by atoms with Gasteiger partial charge in [0.2, 0.25) is 0 Å². The summed E-state index contributed by atoms with van der Waals surface area (Å²) >= 11 is 3.42. The second-order valence-corrected chi connectivity index (χ2v) is 6.92. The van der Waals surface area contributed by atoms with E-state index in [0.717, 1.165) is 28.9 Å². The third kappa shape index (κ3) is 5.70. The molecule has 0 unspecified atom stereocenters. The van der Waals surface area contributed by atoms with Crippen LogP contribution in [-0.4, -0.2) is 24.5 Å². The first-order valence-corrected chi connectivity index (χ1v) is 8.68. The fourth-order valence-corrected chi connectivity index (χ4v) is 3.22. The van der Waals surface area contributed by atoms with Crippen molar-refractivity contribution in [1.29, 1.82) is 0 Å². The van der Waals surface area contributed by atoms with Crippen LogP contribution in [0.25, 0.3) is 0 Å². The van der Waals surface area contributed by atoms with Crippen LogP contribution in [0.3, 0.4) is 0 Å². The minimum absolute atomic E-state index is 0.0179. The highest BCUT2D eigenvalue weighted by molar-refractivity contribution is 9.10. The predicted octanol–water partition coefficient (Wildman–Crippen LogP) is 4.56. The number of rotatable bonds is 6. The van der Waals surface area contributed by atoms with Crippen LogP contribution in [0.15, 0.2) is 28.7 Å². The number of hydrogen-bond donors (Lipinski definition) is 1. The smallest absolute Gasteiger partial charge is 0.317 e. The van der Waals surface area contributed by atoms with Gasteiger partial charge in [-0.05, 0) is 36.5 Å². The number of nitrogens with zero attached hydrogens (tertiary/aromatic N) is 1. The Kier molecular flexibility index (Phi) is 6.55. The van der Waals surface area contributed by atoms with E-state index in [1.807, 2.05) is 31.3 Å². The monoisotopic (exact) mass is 352 g/mol. The SMILES string of the molecule is CN(Cc1ccc(Br)cc1)C(=O)NCCCC1CCCC1. The molecule has 116 valence electrons. The minimum Gasteiger partial charge on any atom is -0.338 e. The topological polar surface area (TPSA) is 32.3 Å². The van der Waals surface area contributed by atoms with Crippen LogP contribution >= 0.6 is 15.9 Å². The van der Waals surface area contributed by atoms with Crippen molar-refractivity contribution in [3.63, 3.8) is 0 Å². The van der Waals surface area contributed by atoms with Crippen molar-refractivity contribution in [1.82, 2.24) is 10.2 Å². The van der Waals surface area contributed by atoms with Crippen molar-refractivity contribution in [2.75, 3.05) is 13.6 Å². The van der Waals surface area contributed by atoms with Crippen molar-refractivity contribution < 1.29 is 4.79 Å². The molecular formula is C17H25BrN2O. The minimum atomic E-state index is 0.0179. The summed E-state index contributed by atoms with van der Waals surface area (Å²) < 4.78 is 1.06. The lowest BCUT2D eigenvalue weighted by molar-refractivity contribution is 0.206. The van der Waals surface area contributed by atoms with Crippen LogP contribution in [0.4, 0.5) is 4.79 Å². The van der Waals surface area contributed by atoms with E-state index in [9.17, 15) is 4.79 Å². The van der Waals surface area contributed by atoms with Crippen molar-refractivity contribution >= 4 is 22.0 Å². The van der Waals surface area contributed by atoms with E-state index >= 15 is 0 Å². The van der Waals surface area contributed by atoms with E-state index in [-0.39, 0.29) is 6.03 Å². The zero-order chi connectivity index (χ0) is 15.1. The molecule has 1 fully saturated rings. The predicted molar refractivity (Wildman–Crippen MR) is 90.2 cm³/mol. The second-order valence-electron chi connectivity index (χ2n) is 6.01. The van der Waals surface area contributed by atoms with Gasteiger partial charge in [-0.25, -0.2) is 4.79 Å². The molecule has 21 heavy (non-hydrogen) atoms. The molecule has 1 aromatic rings. The lowest BCUT2D eigenvalue weighted by atomic mass is 10.0. The number of benzene rings is 1. The van der Waals surface area contributed by atoms with Crippen molar-refractivity contribution in [2.45, 2.75) is 45.1 Å². The molecule has 1 aromatic carbocycles. The summed E-state index contributed by atoms with van der Waals surface area (Å²) in [6.45, 7) is 1.43. The molecule has 1 N–H and O–H groups in total. The summed E-state index contributed by atoms with van der Waals surface area (Å²) in [6, 6.07) is 8.09. The Balaban J connectivity index is 1.63. The van der Waals surface area contributed by atoms with Gasteiger partial charge in [0, 0.05) is 24.6 Å². The second kappa shape index (κ2) is 8.42. The summed E-state index contributed by atoms with van der Waals surface area (Å²) in [6.07, 6.45) is 7.92. The summed E-state index contributed by atoms with van der Waals surface area (Å²) in [5.41, 5.74) is 1.14. The molecule has 0 spiro atoms. The van der Waals surface area contributed by atoms with E-state index in [0.29, 0.717) is 6.54 Å². The molecular weight excluding hydrogens is 328 g/mol. The molecule has 0 bridgehead atoms. The summed E-state index contributed by atoms with van der Waals surface area (Å²) in [5, 5.41) is 3.02. The van der Waals surface area contributed by atoms with Crippen molar-refractivity contribution in [2.24, 2.45) is 5.92 Å². The first kappa shape index (κ1) is 16.3. The maximum atomic E-state index is 12.0. The van der Waals surface area contributed by atoms with Gasteiger partial charge in [0.15, 0.2) is 0 Å². The number of carbonyl (C=O) groups is 1. The molecule has 2 amide bonds. The molecule has 1 aliphatic rings. The van der Waals surface area contributed by atoms with Gasteiger partial charge in [0.1, 0.15) is 0 Å². The van der Waals surface area contributed by atoms with Gasteiger partial charge in [0.05, 0.1) is 0 Å². The van der Waals surface area contributed by atoms with Gasteiger partial charge in [-0.15, -0.1) is 0 Å². The summed E-state index contributed by atoms with van der Waals surface area (Å²) in [4.78, 5) is 13.8. The number of amides is 2. The highest BCUT2D eigenvalue weighted by atomic mass is 79.9. The molecule has 0 aromatic heterocycles. The quantitative estimate of drug-likeness (QED) is 0.747. The molecule has 0 atom stereocenters. The summed E-state index contributed by atoms with van der Waals surface area (Å²) in [7, 11) is 1.84. The zero-order valence-corrected chi connectivity index (χ0v) is 14.4. The van der Waals surface area contributed by atoms with E-state index < -0.39 is 0 Å². The molecule has 0 aliphatic heterocycles. The third-order valence-electron chi connectivity index (χ3n) is 4.22. The fraction of sp³-hybridized carbons (Fsp3) is 0.588. The lowest BCUT2D eigenvalue weighted by Crippen LogP contribution is -2.37. The van der Waals surface area contributed by atoms with Gasteiger partial charge < -0.3 is 10.2 Å². The Hall–Kier alpha value is -1.03. The van der Waals surface area contributed by atoms with Gasteiger partial charge in [0.25, 0.3) is 0 Å². The van der Waals surface area contributed by atoms with Crippen molar-refractivity contribution in [3.8, 4) is 0 Å². The average Bonchev–Trinajstić information content (AvgIpc) is 2.99. The highest BCUT2D eigenvalue weighted by Crippen LogP contribution is 2.28. The third-order valence-corrected chi connectivity index (χ3v) is 4.75. The Morgan fingerprint density at radius 2 is 1.95 bits per heavy atom. The standard InChI is InChI=1S/C17H25BrN2O/c1-20(13-15-8-10-16(18)11-9-15)17(21)19-12-4-7-14-5-2-3-6-14/h8-11,14H,2-7,12-13H2,1H3,(H,19,21). The van der Waals surface area contributed by atoms with Gasteiger partial charge in [-0.2, -0.15) is 0 Å². The zero-order valence-electron chi connectivity index (χ0n) is 12.8. The van der Waals surface area contributed by atoms with E-state index in [1.165, 1.54) is 32.1 Å². The first-order chi connectivity index (χ1) is 10.1. The number of halogens is 1. The van der Waals surface area contributed by atoms with Crippen molar-refractivity contribution in [3.05, 3.63) is 34.3 Å². The van der Waals surface area contributed by atoms with Crippen LogP contribution in [0, 0.1) is 5.92 Å². The molecule has 3 nitrogen and oxygen atoms in total. The van der Waals surface area contributed by atoms with Gasteiger partial charge in [-0.3, -0.25) is 0 Å². The largest absolute Gasteiger partial charge is 0.338 e. The van der Waals surface area contributed by atoms with Crippen LogP contribution in [0.5, 0.6) is 0 Å². The van der Waals surface area contributed by atoms with Gasteiger partial charge in [-0.1, -0.05) is 53.7 Å². The molecule has 1 aliphatic carbocycles. The Labute approximate surface area is 136 Å². The van der Waals surface area contributed by atoms with Crippen LogP contribution in [0.2, 0.25) is 0 Å². The Morgan fingerprint density at radius 3 is 2.62 bits per heavy atom. The lowest BCUT2D eigenvalue weighted by Gasteiger charge is -2.18. The molecule has 0 radical (unpaired) electrons. The number of nitrogens with one attached hydrogen (secondary N) is 1. The molecule has 1 saturated carbocycles. The molecule has 0 heterocycles. The van der Waals surface area contributed by atoms with E-state index in [4.69, 9.17) is 0 Å². The summed E-state index contributed by atoms with van der Waals surface area (Å²) in [5.74, 6) is 0.905. The number of hydrogen-bond acceptors (Lipinski definition) is 1. The highest BCUT2D eigenvalue weighted by Gasteiger charge is 2.14. The average molecular weight is 353 g/mol. The van der Waals surface area contributed by atoms with Crippen LogP contribution in [0.1, 0.15) is 44.1 Å². The van der Waals surface area contributed by atoms with E-state index in [2.05, 4.69) is 21.2 Å². The maximum Gasteiger partial charge on any atom is 0.317 e. The fourth-order valence-electron chi connectivity index (χ4n) is 2.96. The molecule has 4 heteroatoms. The normalized spacial score (nSPS) is 15.1. The van der Waals surface area contributed by atoms with Crippen LogP contribution in [-0.2, 0) is 6.54 Å². The van der Waals surface area contributed by atoms with Crippen LogP contribution < -0.4 is 5.32 Å². The number of urea groups is 1. The van der Waals surface area contributed by atoms with E-state index in [1.54, 1.807) is 4.90 Å². The molecule has 0 saturated heterocycles. The Bertz CT molecular complexity index is 441. The first-order valence-electron chi connectivity index (χ1n) is 7.88. The number of carbonyl (C=O) groups excluding carboxylic acids is 1. The van der Waals surface area contributed by atoms with Gasteiger partial charge >= 0.3 is 6.03 Å². The molecule has 2 rings (SSSR count). The maximum absolute atomic E-state index is 12.0.